The highest BCUT2D eigenvalue weighted by Crippen LogP contribution is 2.45. The van der Waals surface area contributed by atoms with Crippen molar-refractivity contribution in [2.24, 2.45) is 29.6 Å². The van der Waals surface area contributed by atoms with Crippen LogP contribution in [0.1, 0.15) is 66.2 Å². The largest absolute Gasteiger partial charge is 0.462 e. The third kappa shape index (κ3) is 5.30. The number of allylic oxidation sites excluding steroid dienone is 3. The summed E-state index contributed by atoms with van der Waals surface area (Å²) < 4.78 is 11.5. The van der Waals surface area contributed by atoms with E-state index >= 15 is 0 Å². The third-order valence-corrected chi connectivity index (χ3v) is 6.93. The van der Waals surface area contributed by atoms with Crippen LogP contribution in [0, 0.1) is 29.6 Å². The van der Waals surface area contributed by atoms with Crippen molar-refractivity contribution >= 4 is 11.9 Å². The molecule has 0 amide bonds. The van der Waals surface area contributed by atoms with E-state index in [1.165, 1.54) is 5.57 Å². The Morgan fingerprint density at radius 2 is 2.07 bits per heavy atom. The lowest BCUT2D eigenvalue weighted by atomic mass is 9.65. The number of cyclic esters (lactones) is 1. The first-order chi connectivity index (χ1) is 13.8. The Hall–Kier alpha value is -1.62. The van der Waals surface area contributed by atoms with Gasteiger partial charge in [-0.1, -0.05) is 45.9 Å². The Balaban J connectivity index is 1.74. The highest BCUT2D eigenvalue weighted by Gasteiger charge is 2.42. The zero-order valence-electron chi connectivity index (χ0n) is 18.2. The van der Waals surface area contributed by atoms with E-state index in [0.29, 0.717) is 24.2 Å². The summed E-state index contributed by atoms with van der Waals surface area (Å²) in [5.74, 6) is 0.755. The Kier molecular flexibility index (Phi) is 7.20. The number of carbonyl (C=O) groups excluding carboxylic acids is 2. The second-order valence-corrected chi connectivity index (χ2v) is 9.36. The quantitative estimate of drug-likeness (QED) is 0.672. The van der Waals surface area contributed by atoms with E-state index in [1.807, 2.05) is 13.8 Å². The second kappa shape index (κ2) is 9.46. The van der Waals surface area contributed by atoms with Gasteiger partial charge >= 0.3 is 11.9 Å². The van der Waals surface area contributed by atoms with Crippen LogP contribution >= 0.6 is 0 Å². The van der Waals surface area contributed by atoms with Crippen molar-refractivity contribution in [1.82, 2.24) is 0 Å². The minimum absolute atomic E-state index is 0.0854. The number of carbonyl (C=O) groups is 2. The molecule has 0 aromatic rings. The normalized spacial score (nSPS) is 37.9. The fraction of sp³-hybridized carbons (Fsp3) is 0.750. The molecule has 5 heteroatoms. The van der Waals surface area contributed by atoms with Crippen molar-refractivity contribution < 1.29 is 24.2 Å². The maximum Gasteiger partial charge on any atom is 0.308 e. The number of hydrogen-bond acceptors (Lipinski definition) is 5. The molecular formula is C24H36O5. The predicted octanol–water partition coefficient (Wildman–Crippen LogP) is 4.20. The summed E-state index contributed by atoms with van der Waals surface area (Å²) in [5.41, 5.74) is 1.27. The van der Waals surface area contributed by atoms with E-state index in [2.05, 4.69) is 32.1 Å². The molecule has 5 nitrogen and oxygen atoms in total. The van der Waals surface area contributed by atoms with E-state index in [9.17, 15) is 14.7 Å². The number of aliphatic hydroxyl groups is 1. The zero-order chi connectivity index (χ0) is 21.1. The van der Waals surface area contributed by atoms with Crippen molar-refractivity contribution in [3.8, 4) is 0 Å². The Bertz CT molecular complexity index is 666. The monoisotopic (exact) mass is 404 g/mol. The van der Waals surface area contributed by atoms with Gasteiger partial charge in [0.2, 0.25) is 0 Å². The van der Waals surface area contributed by atoms with Gasteiger partial charge in [0.05, 0.1) is 18.4 Å². The van der Waals surface area contributed by atoms with Gasteiger partial charge in [0.1, 0.15) is 12.2 Å². The Labute approximate surface area is 174 Å². The lowest BCUT2D eigenvalue weighted by Crippen LogP contribution is -2.42. The number of rotatable bonds is 6. The minimum atomic E-state index is -0.597. The van der Waals surface area contributed by atoms with E-state index < -0.39 is 6.10 Å². The van der Waals surface area contributed by atoms with Crippen molar-refractivity contribution in [2.75, 3.05) is 0 Å². The summed E-state index contributed by atoms with van der Waals surface area (Å²) >= 11 is 0. The SMILES string of the molecule is CCC(C)C(=O)OC1C[C@@H](C)C=C2C=C[C@H](C)C(CCC3CC(O)CC(=O)O3)C21. The van der Waals surface area contributed by atoms with Crippen molar-refractivity contribution in [3.05, 3.63) is 23.8 Å². The molecule has 0 bridgehead atoms. The zero-order valence-corrected chi connectivity index (χ0v) is 18.2. The molecule has 2 aliphatic carbocycles. The molecule has 8 atom stereocenters. The van der Waals surface area contributed by atoms with Crippen LogP contribution in [0.4, 0.5) is 0 Å². The number of esters is 2. The lowest BCUT2D eigenvalue weighted by Gasteiger charge is -2.43. The highest BCUT2D eigenvalue weighted by atomic mass is 16.5. The average molecular weight is 405 g/mol. The van der Waals surface area contributed by atoms with Crippen LogP contribution in [0.25, 0.3) is 0 Å². The number of hydrogen-bond donors (Lipinski definition) is 1. The minimum Gasteiger partial charge on any atom is -0.462 e. The maximum atomic E-state index is 12.5. The van der Waals surface area contributed by atoms with Crippen LogP contribution in [0.3, 0.4) is 0 Å². The van der Waals surface area contributed by atoms with Crippen LogP contribution < -0.4 is 0 Å². The van der Waals surface area contributed by atoms with Crippen LogP contribution in [0.15, 0.2) is 23.8 Å². The summed E-state index contributed by atoms with van der Waals surface area (Å²) in [4.78, 5) is 24.2. The first-order valence-corrected chi connectivity index (χ1v) is 11.3. The molecule has 0 saturated carbocycles. The van der Waals surface area contributed by atoms with Gasteiger partial charge in [0, 0.05) is 12.3 Å². The van der Waals surface area contributed by atoms with E-state index in [1.54, 1.807) is 0 Å². The average Bonchev–Trinajstić information content (AvgIpc) is 2.65. The topological polar surface area (TPSA) is 72.8 Å². The molecule has 1 aliphatic heterocycles. The molecule has 1 saturated heterocycles. The van der Waals surface area contributed by atoms with Gasteiger partial charge in [-0.3, -0.25) is 9.59 Å². The molecule has 0 radical (unpaired) electrons. The van der Waals surface area contributed by atoms with E-state index in [0.717, 1.165) is 25.7 Å². The van der Waals surface area contributed by atoms with Crippen LogP contribution in [-0.2, 0) is 19.1 Å². The summed E-state index contributed by atoms with van der Waals surface area (Å²) in [6.45, 7) is 8.33. The van der Waals surface area contributed by atoms with Gasteiger partial charge in [-0.2, -0.15) is 0 Å². The number of ether oxygens (including phenoxy) is 2. The summed E-state index contributed by atoms with van der Waals surface area (Å²) in [6, 6.07) is 0. The van der Waals surface area contributed by atoms with E-state index in [-0.39, 0.29) is 42.4 Å². The van der Waals surface area contributed by atoms with Crippen LogP contribution in [0.5, 0.6) is 0 Å². The molecule has 29 heavy (non-hydrogen) atoms. The summed E-state index contributed by atoms with van der Waals surface area (Å²) in [7, 11) is 0. The molecule has 1 fully saturated rings. The van der Waals surface area contributed by atoms with Gasteiger partial charge in [-0.15, -0.1) is 0 Å². The molecule has 0 aromatic carbocycles. The van der Waals surface area contributed by atoms with E-state index in [4.69, 9.17) is 9.47 Å². The van der Waals surface area contributed by atoms with Gasteiger partial charge in [-0.25, -0.2) is 0 Å². The molecular weight excluding hydrogens is 368 g/mol. The summed E-state index contributed by atoms with van der Waals surface area (Å²) in [6.07, 6.45) is 9.70. The van der Waals surface area contributed by atoms with Crippen LogP contribution in [0.2, 0.25) is 0 Å². The molecule has 162 valence electrons. The first-order valence-electron chi connectivity index (χ1n) is 11.3. The molecule has 6 unspecified atom stereocenters. The standard InChI is InChI=1S/C24H36O5/c1-5-15(3)24(27)29-21-11-14(2)10-17-7-6-16(4)20(23(17)21)9-8-19-12-18(25)13-22(26)28-19/h6-7,10,14-16,18-21,23,25H,5,8-9,11-13H2,1-4H3/t14-,15?,16-,18?,19?,20?,21?,23?/m0/s1. The van der Waals surface area contributed by atoms with Gasteiger partial charge < -0.3 is 14.6 Å². The van der Waals surface area contributed by atoms with Crippen LogP contribution in [-0.4, -0.2) is 35.4 Å². The molecule has 0 spiro atoms. The highest BCUT2D eigenvalue weighted by molar-refractivity contribution is 5.72. The molecule has 1 heterocycles. The maximum absolute atomic E-state index is 12.5. The number of aliphatic hydroxyl groups excluding tert-OH is 1. The van der Waals surface area contributed by atoms with Crippen molar-refractivity contribution in [3.63, 3.8) is 0 Å². The molecule has 3 rings (SSSR count). The summed E-state index contributed by atoms with van der Waals surface area (Å²) in [5, 5.41) is 9.89. The van der Waals surface area contributed by atoms with Crippen molar-refractivity contribution in [2.45, 2.75) is 84.5 Å². The Morgan fingerprint density at radius 1 is 1.31 bits per heavy atom. The van der Waals surface area contributed by atoms with Gasteiger partial charge in [-0.05, 0) is 49.0 Å². The second-order valence-electron chi connectivity index (χ2n) is 9.36. The fourth-order valence-corrected chi connectivity index (χ4v) is 5.07. The van der Waals surface area contributed by atoms with Crippen molar-refractivity contribution in [1.29, 1.82) is 0 Å². The number of fused-ring (bicyclic) bond motifs is 1. The lowest BCUT2D eigenvalue weighted by molar-refractivity contribution is -0.162. The molecule has 3 aliphatic rings. The first kappa shape index (κ1) is 22.1. The van der Waals surface area contributed by atoms with Gasteiger partial charge in [0.25, 0.3) is 0 Å². The fourth-order valence-electron chi connectivity index (χ4n) is 5.07. The Morgan fingerprint density at radius 3 is 2.76 bits per heavy atom. The molecule has 0 aromatic heterocycles. The predicted molar refractivity (Wildman–Crippen MR) is 111 cm³/mol. The smallest absolute Gasteiger partial charge is 0.308 e. The third-order valence-electron chi connectivity index (χ3n) is 6.93. The molecule has 1 N–H and O–H groups in total. The van der Waals surface area contributed by atoms with Gasteiger partial charge in [0.15, 0.2) is 0 Å².